The first-order valence-electron chi connectivity index (χ1n) is 7.06. The third kappa shape index (κ3) is 3.99. The number of rotatable bonds is 6. The molecule has 1 fully saturated rings. The molecule has 9 nitrogen and oxygen atoms in total. The van der Waals surface area contributed by atoms with Crippen LogP contribution in [-0.2, 0) is 0 Å². The topological polar surface area (TPSA) is 122 Å². The van der Waals surface area contributed by atoms with Crippen molar-refractivity contribution in [1.29, 1.82) is 0 Å². The van der Waals surface area contributed by atoms with Crippen molar-refractivity contribution in [3.05, 3.63) is 16.4 Å². The lowest BCUT2D eigenvalue weighted by molar-refractivity contribution is -0.383. The molecule has 21 heavy (non-hydrogen) atoms. The summed E-state index contributed by atoms with van der Waals surface area (Å²) in [5.74, 6) is 5.45. The second-order valence-corrected chi connectivity index (χ2v) is 5.23. The number of nitro groups is 1. The third-order valence-electron chi connectivity index (χ3n) is 3.51. The molecule has 1 aromatic rings. The van der Waals surface area contributed by atoms with Gasteiger partial charge in [0, 0.05) is 12.6 Å². The average molecular weight is 295 g/mol. The second kappa shape index (κ2) is 7.14. The quantitative estimate of drug-likeness (QED) is 0.403. The van der Waals surface area contributed by atoms with Crippen molar-refractivity contribution in [1.82, 2.24) is 14.9 Å². The maximum absolute atomic E-state index is 11.2. The summed E-state index contributed by atoms with van der Waals surface area (Å²) in [5.41, 5.74) is 2.00. The highest BCUT2D eigenvalue weighted by atomic mass is 16.6. The molecule has 0 saturated carbocycles. The maximum Gasteiger partial charge on any atom is 0.354 e. The molecule has 0 aromatic carbocycles. The minimum atomic E-state index is -0.537. The lowest BCUT2D eigenvalue weighted by atomic mass is 10.1. The molecule has 1 saturated heterocycles. The van der Waals surface area contributed by atoms with E-state index in [0.717, 1.165) is 19.6 Å². The summed E-state index contributed by atoms with van der Waals surface area (Å²) in [4.78, 5) is 20.7. The number of nitrogens with one attached hydrogen (secondary N) is 2. The summed E-state index contributed by atoms with van der Waals surface area (Å²) in [6.07, 6.45) is 4.95. The number of nitrogen functional groups attached to an aromatic ring is 1. The van der Waals surface area contributed by atoms with E-state index in [9.17, 15) is 10.1 Å². The molecule has 1 unspecified atom stereocenters. The van der Waals surface area contributed by atoms with Gasteiger partial charge < -0.3 is 15.6 Å². The number of hydrogen-bond donors (Lipinski definition) is 3. The molecule has 0 radical (unpaired) electrons. The summed E-state index contributed by atoms with van der Waals surface area (Å²) >= 11 is 0. The molecular weight excluding hydrogens is 274 g/mol. The Morgan fingerprint density at radius 2 is 2.05 bits per heavy atom. The summed E-state index contributed by atoms with van der Waals surface area (Å²) < 4.78 is 0. The van der Waals surface area contributed by atoms with Crippen LogP contribution in [0.25, 0.3) is 0 Å². The van der Waals surface area contributed by atoms with Gasteiger partial charge in [0.05, 0.1) is 4.92 Å². The Kier molecular flexibility index (Phi) is 5.23. The van der Waals surface area contributed by atoms with Crippen molar-refractivity contribution in [3.8, 4) is 0 Å². The number of nitrogens with two attached hydrogens (primary N) is 1. The first-order valence-corrected chi connectivity index (χ1v) is 7.06. The van der Waals surface area contributed by atoms with E-state index in [0.29, 0.717) is 0 Å². The van der Waals surface area contributed by atoms with Crippen molar-refractivity contribution in [2.75, 3.05) is 30.4 Å². The predicted molar refractivity (Wildman–Crippen MR) is 79.9 cm³/mol. The van der Waals surface area contributed by atoms with E-state index >= 15 is 0 Å². The monoisotopic (exact) mass is 295 g/mol. The van der Waals surface area contributed by atoms with Crippen LogP contribution in [0.2, 0.25) is 0 Å². The van der Waals surface area contributed by atoms with Crippen molar-refractivity contribution >= 4 is 17.3 Å². The molecule has 4 N–H and O–H groups in total. The van der Waals surface area contributed by atoms with Crippen LogP contribution >= 0.6 is 0 Å². The highest BCUT2D eigenvalue weighted by Gasteiger charge is 2.24. The van der Waals surface area contributed by atoms with Gasteiger partial charge >= 0.3 is 5.69 Å². The molecule has 0 bridgehead atoms. The largest absolute Gasteiger partial charge is 0.360 e. The molecule has 0 aliphatic carbocycles. The molecule has 1 aliphatic rings. The smallest absolute Gasteiger partial charge is 0.354 e. The molecule has 2 heterocycles. The normalized spacial score (nSPS) is 17.2. The van der Waals surface area contributed by atoms with E-state index in [4.69, 9.17) is 5.84 Å². The Labute approximate surface area is 123 Å². The maximum atomic E-state index is 11.2. The SMILES string of the molecule is CC(CN1CCCCC1)Nc1ncnc(NN)c1[N+](=O)[O-]. The van der Waals surface area contributed by atoms with Gasteiger partial charge in [-0.15, -0.1) is 0 Å². The van der Waals surface area contributed by atoms with Gasteiger partial charge in [0.1, 0.15) is 6.33 Å². The number of nitrogens with zero attached hydrogens (tertiary/aromatic N) is 4. The molecular formula is C12H21N7O2. The van der Waals surface area contributed by atoms with Gasteiger partial charge in [-0.2, -0.15) is 0 Å². The molecule has 1 aliphatic heterocycles. The zero-order valence-electron chi connectivity index (χ0n) is 12.1. The summed E-state index contributed by atoms with van der Waals surface area (Å²) in [7, 11) is 0. The standard InChI is InChI=1S/C12H21N7O2/c1-9(7-18-5-3-2-4-6-18)16-11-10(19(20)21)12(17-13)15-8-14-11/h8-9H,2-7,13H2,1H3,(H2,14,15,16,17). The van der Waals surface area contributed by atoms with Gasteiger partial charge in [-0.3, -0.25) is 10.1 Å². The van der Waals surface area contributed by atoms with Gasteiger partial charge in [0.15, 0.2) is 0 Å². The molecule has 0 spiro atoms. The lowest BCUT2D eigenvalue weighted by Gasteiger charge is -2.29. The predicted octanol–water partition coefficient (Wildman–Crippen LogP) is 0.957. The number of hydrazine groups is 1. The molecule has 116 valence electrons. The van der Waals surface area contributed by atoms with Crippen LogP contribution in [0, 0.1) is 10.1 Å². The number of anilines is 2. The average Bonchev–Trinajstić information content (AvgIpc) is 2.47. The van der Waals surface area contributed by atoms with Crippen LogP contribution in [0.15, 0.2) is 6.33 Å². The van der Waals surface area contributed by atoms with Crippen molar-refractivity contribution in [3.63, 3.8) is 0 Å². The van der Waals surface area contributed by atoms with Crippen LogP contribution < -0.4 is 16.6 Å². The van der Waals surface area contributed by atoms with E-state index in [1.807, 2.05) is 6.92 Å². The van der Waals surface area contributed by atoms with Gasteiger partial charge in [0.2, 0.25) is 11.6 Å². The van der Waals surface area contributed by atoms with E-state index in [1.165, 1.54) is 25.6 Å². The fraction of sp³-hybridized carbons (Fsp3) is 0.667. The first-order chi connectivity index (χ1) is 10.1. The molecule has 9 heteroatoms. The highest BCUT2D eigenvalue weighted by molar-refractivity contribution is 5.68. The van der Waals surface area contributed by atoms with Gasteiger partial charge in [0.25, 0.3) is 0 Å². The van der Waals surface area contributed by atoms with Gasteiger partial charge in [-0.25, -0.2) is 15.8 Å². The van der Waals surface area contributed by atoms with E-state index in [2.05, 4.69) is 25.6 Å². The molecule has 2 rings (SSSR count). The van der Waals surface area contributed by atoms with Crippen LogP contribution in [0.1, 0.15) is 26.2 Å². The third-order valence-corrected chi connectivity index (χ3v) is 3.51. The summed E-state index contributed by atoms with van der Waals surface area (Å²) in [6, 6.07) is 0.0438. The molecule has 1 aromatic heterocycles. The van der Waals surface area contributed by atoms with Crippen molar-refractivity contribution in [2.24, 2.45) is 5.84 Å². The van der Waals surface area contributed by atoms with Crippen LogP contribution in [0.4, 0.5) is 17.3 Å². The van der Waals surface area contributed by atoms with Gasteiger partial charge in [-0.1, -0.05) is 6.42 Å². The Bertz CT molecular complexity index is 490. The lowest BCUT2D eigenvalue weighted by Crippen LogP contribution is -2.38. The number of likely N-dealkylation sites (tertiary alicyclic amines) is 1. The Balaban J connectivity index is 2.05. The Morgan fingerprint density at radius 1 is 1.38 bits per heavy atom. The van der Waals surface area contributed by atoms with E-state index in [1.54, 1.807) is 0 Å². The minimum Gasteiger partial charge on any atom is -0.360 e. The zero-order valence-corrected chi connectivity index (χ0v) is 12.1. The fourth-order valence-electron chi connectivity index (χ4n) is 2.57. The Hall–Kier alpha value is -2.00. The Morgan fingerprint density at radius 3 is 2.67 bits per heavy atom. The van der Waals surface area contributed by atoms with Crippen LogP contribution in [0.5, 0.6) is 0 Å². The number of piperidine rings is 1. The number of aromatic nitrogens is 2. The summed E-state index contributed by atoms with van der Waals surface area (Å²) in [6.45, 7) is 4.96. The second-order valence-electron chi connectivity index (χ2n) is 5.23. The number of hydrogen-bond acceptors (Lipinski definition) is 8. The molecule has 1 atom stereocenters. The zero-order chi connectivity index (χ0) is 15.2. The van der Waals surface area contributed by atoms with Crippen LogP contribution in [-0.4, -0.2) is 45.5 Å². The van der Waals surface area contributed by atoms with E-state index < -0.39 is 4.92 Å². The highest BCUT2D eigenvalue weighted by Crippen LogP contribution is 2.28. The van der Waals surface area contributed by atoms with Crippen LogP contribution in [0.3, 0.4) is 0 Å². The van der Waals surface area contributed by atoms with Gasteiger partial charge in [-0.05, 0) is 32.9 Å². The molecule has 0 amide bonds. The van der Waals surface area contributed by atoms with Crippen molar-refractivity contribution in [2.45, 2.75) is 32.2 Å². The minimum absolute atomic E-state index is 0.00247. The summed E-state index contributed by atoms with van der Waals surface area (Å²) in [5, 5.41) is 14.2. The van der Waals surface area contributed by atoms with E-state index in [-0.39, 0.29) is 23.4 Å². The fourth-order valence-corrected chi connectivity index (χ4v) is 2.57. The first kappa shape index (κ1) is 15.4. The van der Waals surface area contributed by atoms with Crippen molar-refractivity contribution < 1.29 is 4.92 Å².